The van der Waals surface area contributed by atoms with Gasteiger partial charge in [-0.1, -0.05) is 6.08 Å². The fraction of sp³-hybridized carbons (Fsp3) is 0.300. The van der Waals surface area contributed by atoms with Gasteiger partial charge in [-0.2, -0.15) is 0 Å². The fourth-order valence-electron chi connectivity index (χ4n) is 3.23. The zero-order chi connectivity index (χ0) is 20.4. The van der Waals surface area contributed by atoms with Crippen LogP contribution in [-0.4, -0.2) is 44.7 Å². The summed E-state index contributed by atoms with van der Waals surface area (Å²) in [7, 11) is 0. The Balaban J connectivity index is 1.57. The Morgan fingerprint density at radius 3 is 2.93 bits per heavy atom. The molecular formula is C20H21BrN6O2. The number of nitrogens with zero attached hydrogens (tertiary/aromatic N) is 5. The smallest absolute Gasteiger partial charge is 0.255 e. The van der Waals surface area contributed by atoms with Crippen molar-refractivity contribution >= 4 is 39.4 Å². The topological polar surface area (TPSA) is 102 Å². The van der Waals surface area contributed by atoms with Crippen LogP contribution in [0, 0.1) is 0 Å². The Kier molecular flexibility index (Phi) is 5.48. The number of amides is 1. The van der Waals surface area contributed by atoms with Gasteiger partial charge in [-0.3, -0.25) is 9.79 Å². The Morgan fingerprint density at radius 1 is 1.38 bits per heavy atom. The van der Waals surface area contributed by atoms with Gasteiger partial charge in [0.25, 0.3) is 5.91 Å². The zero-order valence-corrected chi connectivity index (χ0v) is 17.6. The van der Waals surface area contributed by atoms with Gasteiger partial charge in [0.2, 0.25) is 5.82 Å². The Bertz CT molecular complexity index is 1110. The van der Waals surface area contributed by atoms with Gasteiger partial charge in [0.05, 0.1) is 11.3 Å². The molecule has 29 heavy (non-hydrogen) atoms. The maximum absolute atomic E-state index is 13.1. The number of aliphatic imine (C=N–C) groups is 1. The van der Waals surface area contributed by atoms with Gasteiger partial charge in [0.15, 0.2) is 16.1 Å². The fourth-order valence-corrected chi connectivity index (χ4v) is 3.53. The van der Waals surface area contributed by atoms with E-state index in [1.54, 1.807) is 29.3 Å². The number of pyridine rings is 1. The van der Waals surface area contributed by atoms with E-state index in [4.69, 9.17) is 10.2 Å². The van der Waals surface area contributed by atoms with Crippen molar-refractivity contribution in [1.82, 2.24) is 19.5 Å². The SMILES string of the molecule is CCN(CCC1=CCCC=N1)C(=O)c1cc(N)c2nc(-c3ccc(Br)o3)nn2c1. The number of nitrogen functional groups attached to an aromatic ring is 1. The first-order valence-corrected chi connectivity index (χ1v) is 10.3. The van der Waals surface area contributed by atoms with Gasteiger partial charge < -0.3 is 15.1 Å². The van der Waals surface area contributed by atoms with Crippen molar-refractivity contribution in [2.45, 2.75) is 26.2 Å². The van der Waals surface area contributed by atoms with Crippen molar-refractivity contribution in [3.63, 3.8) is 0 Å². The van der Waals surface area contributed by atoms with Crippen LogP contribution >= 0.6 is 15.9 Å². The van der Waals surface area contributed by atoms with E-state index < -0.39 is 0 Å². The third-order valence-corrected chi connectivity index (χ3v) is 5.17. The number of hydrogen-bond donors (Lipinski definition) is 1. The normalized spacial score (nSPS) is 13.7. The molecule has 4 heterocycles. The van der Waals surface area contributed by atoms with Crippen LogP contribution in [-0.2, 0) is 0 Å². The minimum absolute atomic E-state index is 0.0979. The molecule has 0 saturated heterocycles. The number of carbonyl (C=O) groups excluding carboxylic acids is 1. The van der Waals surface area contributed by atoms with Gasteiger partial charge in [-0.05, 0) is 53.9 Å². The summed E-state index contributed by atoms with van der Waals surface area (Å²) >= 11 is 3.27. The van der Waals surface area contributed by atoms with Crippen molar-refractivity contribution in [3.05, 3.63) is 46.4 Å². The molecule has 8 nitrogen and oxygen atoms in total. The molecular weight excluding hydrogens is 436 g/mol. The summed E-state index contributed by atoms with van der Waals surface area (Å²) in [6.45, 7) is 3.15. The molecule has 0 atom stereocenters. The summed E-state index contributed by atoms with van der Waals surface area (Å²) < 4.78 is 7.62. The highest BCUT2D eigenvalue weighted by molar-refractivity contribution is 9.10. The minimum atomic E-state index is -0.0979. The zero-order valence-electron chi connectivity index (χ0n) is 16.0. The Labute approximate surface area is 176 Å². The molecule has 3 aromatic heterocycles. The highest BCUT2D eigenvalue weighted by atomic mass is 79.9. The molecule has 1 aliphatic heterocycles. The highest BCUT2D eigenvalue weighted by Gasteiger charge is 2.19. The van der Waals surface area contributed by atoms with E-state index in [2.05, 4.69) is 37.1 Å². The predicted octanol–water partition coefficient (Wildman–Crippen LogP) is 3.93. The van der Waals surface area contributed by atoms with E-state index >= 15 is 0 Å². The molecule has 150 valence electrons. The van der Waals surface area contributed by atoms with Crippen molar-refractivity contribution in [2.75, 3.05) is 18.8 Å². The summed E-state index contributed by atoms with van der Waals surface area (Å²) in [5.74, 6) is 0.824. The van der Waals surface area contributed by atoms with Gasteiger partial charge >= 0.3 is 0 Å². The maximum Gasteiger partial charge on any atom is 0.255 e. The molecule has 1 amide bonds. The first-order chi connectivity index (χ1) is 14.0. The number of nitrogens with two attached hydrogens (primary N) is 1. The van der Waals surface area contributed by atoms with E-state index in [1.807, 2.05) is 13.1 Å². The van der Waals surface area contributed by atoms with Crippen molar-refractivity contribution in [2.24, 2.45) is 4.99 Å². The van der Waals surface area contributed by atoms with Crippen molar-refractivity contribution < 1.29 is 9.21 Å². The maximum atomic E-state index is 13.1. The average Bonchev–Trinajstić information content (AvgIpc) is 3.35. The largest absolute Gasteiger partial charge is 0.446 e. The van der Waals surface area contributed by atoms with Crippen LogP contribution < -0.4 is 5.73 Å². The van der Waals surface area contributed by atoms with Crippen LogP contribution in [0.5, 0.6) is 0 Å². The molecule has 0 radical (unpaired) electrons. The second-order valence-corrected chi connectivity index (χ2v) is 7.49. The molecule has 1 aliphatic rings. The number of rotatable bonds is 6. The lowest BCUT2D eigenvalue weighted by Crippen LogP contribution is -2.32. The van der Waals surface area contributed by atoms with Crippen LogP contribution in [0.2, 0.25) is 0 Å². The second kappa shape index (κ2) is 8.20. The molecule has 0 aromatic carbocycles. The Morgan fingerprint density at radius 2 is 2.24 bits per heavy atom. The summed E-state index contributed by atoms with van der Waals surface area (Å²) in [6.07, 6.45) is 8.44. The summed E-state index contributed by atoms with van der Waals surface area (Å²) in [5.41, 5.74) is 8.53. The highest BCUT2D eigenvalue weighted by Crippen LogP contribution is 2.25. The van der Waals surface area contributed by atoms with E-state index in [0.717, 1.165) is 25.0 Å². The first-order valence-electron chi connectivity index (χ1n) is 9.47. The van der Waals surface area contributed by atoms with Gasteiger partial charge in [-0.15, -0.1) is 5.10 Å². The molecule has 0 unspecified atom stereocenters. The second-order valence-electron chi connectivity index (χ2n) is 6.71. The van der Waals surface area contributed by atoms with Crippen molar-refractivity contribution in [1.29, 1.82) is 0 Å². The average molecular weight is 457 g/mol. The number of carbonyl (C=O) groups is 1. The number of anilines is 1. The third-order valence-electron chi connectivity index (χ3n) is 4.74. The molecule has 0 fully saturated rings. The van der Waals surface area contributed by atoms with E-state index in [1.165, 1.54) is 4.52 Å². The molecule has 0 aliphatic carbocycles. The Hall–Kier alpha value is -2.94. The predicted molar refractivity (Wildman–Crippen MR) is 115 cm³/mol. The number of allylic oxidation sites excluding steroid dienone is 1. The number of fused-ring (bicyclic) bond motifs is 1. The standard InChI is InChI=1S/C20H21BrN6O2/c1-2-26(10-8-14-5-3-4-9-23-14)20(28)13-11-15(22)19-24-18(25-27(19)12-13)16-6-7-17(21)29-16/h5-7,9,11-12H,2-4,8,10,22H2,1H3. The molecule has 0 saturated carbocycles. The van der Waals surface area contributed by atoms with Gasteiger partial charge in [0, 0.05) is 37.6 Å². The molecule has 0 spiro atoms. The number of furan rings is 1. The molecule has 4 rings (SSSR count). The molecule has 2 N–H and O–H groups in total. The first kappa shape index (κ1) is 19.4. The van der Waals surface area contributed by atoms with Gasteiger partial charge in [0.1, 0.15) is 0 Å². The quantitative estimate of drug-likeness (QED) is 0.604. The van der Waals surface area contributed by atoms with Crippen molar-refractivity contribution in [3.8, 4) is 11.6 Å². The molecule has 0 bridgehead atoms. The minimum Gasteiger partial charge on any atom is -0.446 e. The van der Waals surface area contributed by atoms with E-state index in [0.29, 0.717) is 46.2 Å². The lowest BCUT2D eigenvalue weighted by molar-refractivity contribution is 0.0765. The summed E-state index contributed by atoms with van der Waals surface area (Å²) in [6, 6.07) is 5.18. The summed E-state index contributed by atoms with van der Waals surface area (Å²) in [4.78, 5) is 23.7. The number of hydrogen-bond acceptors (Lipinski definition) is 6. The number of aromatic nitrogens is 3. The molecule has 9 heteroatoms. The van der Waals surface area contributed by atoms with Crippen LogP contribution in [0.4, 0.5) is 5.69 Å². The van der Waals surface area contributed by atoms with Crippen LogP contribution in [0.15, 0.2) is 50.2 Å². The lowest BCUT2D eigenvalue weighted by Gasteiger charge is -2.21. The molecule has 3 aromatic rings. The van der Waals surface area contributed by atoms with E-state index in [-0.39, 0.29) is 5.91 Å². The van der Waals surface area contributed by atoms with E-state index in [9.17, 15) is 4.79 Å². The number of halogens is 1. The monoisotopic (exact) mass is 456 g/mol. The van der Waals surface area contributed by atoms with Crippen LogP contribution in [0.25, 0.3) is 17.2 Å². The third kappa shape index (κ3) is 4.09. The van der Waals surface area contributed by atoms with Gasteiger partial charge in [-0.25, -0.2) is 9.50 Å². The van der Waals surface area contributed by atoms with Crippen LogP contribution in [0.1, 0.15) is 36.5 Å². The van der Waals surface area contributed by atoms with Crippen LogP contribution in [0.3, 0.4) is 0 Å². The lowest BCUT2D eigenvalue weighted by atomic mass is 10.1. The summed E-state index contributed by atoms with van der Waals surface area (Å²) in [5, 5.41) is 4.42.